The van der Waals surface area contributed by atoms with E-state index < -0.39 is 11.6 Å². The number of hydrogen-bond acceptors (Lipinski definition) is 1. The highest BCUT2D eigenvalue weighted by atomic mass is 19.2. The quantitative estimate of drug-likeness (QED) is 0.686. The average Bonchev–Trinajstić information content (AvgIpc) is 2.14. The molecule has 0 aliphatic rings. The van der Waals surface area contributed by atoms with Crippen LogP contribution in [-0.4, -0.2) is 7.11 Å². The van der Waals surface area contributed by atoms with Crippen LogP contribution in [0.4, 0.5) is 8.78 Å². The fourth-order valence-corrected chi connectivity index (χ4v) is 1.05. The molecule has 0 atom stereocenters. The summed E-state index contributed by atoms with van der Waals surface area (Å²) in [6.45, 7) is 1.73. The molecule has 0 aliphatic carbocycles. The maximum Gasteiger partial charge on any atom is 0.169 e. The van der Waals surface area contributed by atoms with Crippen molar-refractivity contribution < 1.29 is 13.5 Å². The summed E-state index contributed by atoms with van der Waals surface area (Å²) >= 11 is 0. The van der Waals surface area contributed by atoms with Crippen LogP contribution in [0.5, 0.6) is 5.75 Å². The van der Waals surface area contributed by atoms with E-state index in [-0.39, 0.29) is 5.56 Å². The third-order valence-corrected chi connectivity index (χ3v) is 1.65. The van der Waals surface area contributed by atoms with Crippen LogP contribution in [-0.2, 0) is 0 Å². The Morgan fingerprint density at radius 3 is 2.54 bits per heavy atom. The largest absolute Gasteiger partial charge is 0.496 e. The highest BCUT2D eigenvalue weighted by Crippen LogP contribution is 2.24. The van der Waals surface area contributed by atoms with Gasteiger partial charge in [0, 0.05) is 0 Å². The molecule has 1 rings (SSSR count). The first kappa shape index (κ1) is 9.71. The van der Waals surface area contributed by atoms with Gasteiger partial charge in [0.1, 0.15) is 5.75 Å². The first-order valence-corrected chi connectivity index (χ1v) is 3.85. The molecule has 0 heterocycles. The molecule has 1 aromatic carbocycles. The maximum absolute atomic E-state index is 13.1. The lowest BCUT2D eigenvalue weighted by molar-refractivity contribution is 0.405. The first-order valence-electron chi connectivity index (χ1n) is 3.85. The lowest BCUT2D eigenvalue weighted by Gasteiger charge is -2.05. The molecule has 0 saturated heterocycles. The Morgan fingerprint density at radius 2 is 2.00 bits per heavy atom. The van der Waals surface area contributed by atoms with Gasteiger partial charge in [-0.15, -0.1) is 0 Å². The van der Waals surface area contributed by atoms with Gasteiger partial charge in [0.2, 0.25) is 0 Å². The predicted octanol–water partition coefficient (Wildman–Crippen LogP) is 3.01. The van der Waals surface area contributed by atoms with E-state index in [9.17, 15) is 8.78 Å². The van der Waals surface area contributed by atoms with Crippen molar-refractivity contribution in [2.45, 2.75) is 6.92 Å². The Balaban J connectivity index is 3.32. The van der Waals surface area contributed by atoms with E-state index in [1.807, 2.05) is 0 Å². The van der Waals surface area contributed by atoms with Crippen molar-refractivity contribution in [1.29, 1.82) is 0 Å². The minimum absolute atomic E-state index is 0.144. The van der Waals surface area contributed by atoms with Gasteiger partial charge in [0.25, 0.3) is 0 Å². The van der Waals surface area contributed by atoms with Crippen LogP contribution in [0, 0.1) is 11.6 Å². The van der Waals surface area contributed by atoms with Crippen LogP contribution in [0.15, 0.2) is 18.2 Å². The van der Waals surface area contributed by atoms with E-state index >= 15 is 0 Å². The summed E-state index contributed by atoms with van der Waals surface area (Å²) in [7, 11) is 1.42. The lowest BCUT2D eigenvalue weighted by Crippen LogP contribution is -1.93. The molecular weight excluding hydrogens is 174 g/mol. The van der Waals surface area contributed by atoms with E-state index in [1.165, 1.54) is 19.3 Å². The maximum atomic E-state index is 13.1. The monoisotopic (exact) mass is 184 g/mol. The second kappa shape index (κ2) is 4.03. The van der Waals surface area contributed by atoms with Crippen LogP contribution in [0.25, 0.3) is 6.08 Å². The van der Waals surface area contributed by atoms with E-state index in [0.29, 0.717) is 5.75 Å². The third kappa shape index (κ3) is 1.86. The van der Waals surface area contributed by atoms with Gasteiger partial charge < -0.3 is 4.74 Å². The number of ether oxygens (including phenoxy) is 1. The van der Waals surface area contributed by atoms with Gasteiger partial charge in [-0.05, 0) is 19.1 Å². The van der Waals surface area contributed by atoms with E-state index in [4.69, 9.17) is 4.74 Å². The van der Waals surface area contributed by atoms with Crippen molar-refractivity contribution in [1.82, 2.24) is 0 Å². The Hall–Kier alpha value is -1.38. The van der Waals surface area contributed by atoms with Crippen LogP contribution in [0.3, 0.4) is 0 Å². The lowest BCUT2D eigenvalue weighted by atomic mass is 10.1. The molecule has 0 radical (unpaired) electrons. The molecule has 0 saturated carbocycles. The zero-order valence-electron chi connectivity index (χ0n) is 7.47. The summed E-state index contributed by atoms with van der Waals surface area (Å²) in [5.74, 6) is -1.41. The molecule has 0 unspecified atom stereocenters. The summed E-state index contributed by atoms with van der Waals surface area (Å²) in [6, 6.07) is 2.44. The normalized spacial score (nSPS) is 10.8. The average molecular weight is 184 g/mol. The minimum Gasteiger partial charge on any atom is -0.496 e. The van der Waals surface area contributed by atoms with E-state index in [1.54, 1.807) is 13.0 Å². The predicted molar refractivity (Wildman–Crippen MR) is 47.6 cm³/mol. The highest BCUT2D eigenvalue weighted by Gasteiger charge is 2.10. The fraction of sp³-hybridized carbons (Fsp3) is 0.200. The first-order chi connectivity index (χ1) is 6.20. The number of benzene rings is 1. The van der Waals surface area contributed by atoms with Gasteiger partial charge in [-0.25, -0.2) is 8.78 Å². The molecule has 0 amide bonds. The van der Waals surface area contributed by atoms with Crippen LogP contribution in [0.2, 0.25) is 0 Å². The Kier molecular flexibility index (Phi) is 3.01. The molecule has 0 N–H and O–H groups in total. The van der Waals surface area contributed by atoms with Crippen LogP contribution < -0.4 is 4.74 Å². The number of rotatable bonds is 2. The smallest absolute Gasteiger partial charge is 0.169 e. The molecule has 0 bridgehead atoms. The summed E-state index contributed by atoms with van der Waals surface area (Å²) in [6.07, 6.45) is 3.09. The Morgan fingerprint density at radius 1 is 1.31 bits per heavy atom. The van der Waals surface area contributed by atoms with Crippen LogP contribution in [0.1, 0.15) is 12.5 Å². The molecule has 3 heteroatoms. The minimum atomic E-state index is -0.877. The molecular formula is C10H10F2O. The SMILES string of the molecule is CC=Cc1c(OC)ccc(F)c1F. The standard InChI is InChI=1S/C10H10F2O/c1-3-4-7-9(13-2)6-5-8(11)10(7)12/h3-6H,1-2H3. The molecule has 0 aliphatic heterocycles. The molecule has 13 heavy (non-hydrogen) atoms. The molecule has 0 fully saturated rings. The second-order valence-corrected chi connectivity index (χ2v) is 2.48. The summed E-state index contributed by atoms with van der Waals surface area (Å²) in [5.41, 5.74) is 0.144. The number of hydrogen-bond donors (Lipinski definition) is 0. The zero-order valence-corrected chi connectivity index (χ0v) is 7.47. The van der Waals surface area contributed by atoms with E-state index in [2.05, 4.69) is 0 Å². The summed E-state index contributed by atoms with van der Waals surface area (Å²) < 4.78 is 30.8. The van der Waals surface area contributed by atoms with Crippen molar-refractivity contribution in [2.75, 3.05) is 7.11 Å². The Bertz CT molecular complexity index is 332. The van der Waals surface area contributed by atoms with Crippen molar-refractivity contribution in [2.24, 2.45) is 0 Å². The van der Waals surface area contributed by atoms with Gasteiger partial charge in [-0.1, -0.05) is 12.2 Å². The van der Waals surface area contributed by atoms with E-state index in [0.717, 1.165) is 6.07 Å². The van der Waals surface area contributed by atoms with Gasteiger partial charge in [-0.2, -0.15) is 0 Å². The fourth-order valence-electron chi connectivity index (χ4n) is 1.05. The van der Waals surface area contributed by atoms with Crippen molar-refractivity contribution >= 4 is 6.08 Å². The van der Waals surface area contributed by atoms with Gasteiger partial charge in [-0.3, -0.25) is 0 Å². The van der Waals surface area contributed by atoms with Crippen molar-refractivity contribution in [3.8, 4) is 5.75 Å². The topological polar surface area (TPSA) is 9.23 Å². The number of halogens is 2. The summed E-state index contributed by atoms with van der Waals surface area (Å²) in [4.78, 5) is 0. The van der Waals surface area contributed by atoms with Gasteiger partial charge in [0.05, 0.1) is 12.7 Å². The van der Waals surface area contributed by atoms with Crippen molar-refractivity contribution in [3.63, 3.8) is 0 Å². The Labute approximate surface area is 75.6 Å². The summed E-state index contributed by atoms with van der Waals surface area (Å²) in [5, 5.41) is 0. The molecule has 70 valence electrons. The van der Waals surface area contributed by atoms with Crippen molar-refractivity contribution in [3.05, 3.63) is 35.4 Å². The molecule has 1 nitrogen and oxygen atoms in total. The molecule has 0 spiro atoms. The molecule has 0 aromatic heterocycles. The van der Waals surface area contributed by atoms with Crippen LogP contribution >= 0.6 is 0 Å². The zero-order chi connectivity index (χ0) is 9.84. The second-order valence-electron chi connectivity index (χ2n) is 2.48. The molecule has 1 aromatic rings. The third-order valence-electron chi connectivity index (χ3n) is 1.65. The van der Waals surface area contributed by atoms with Gasteiger partial charge in [0.15, 0.2) is 11.6 Å². The van der Waals surface area contributed by atoms with Gasteiger partial charge >= 0.3 is 0 Å². The number of allylic oxidation sites excluding steroid dienone is 1. The highest BCUT2D eigenvalue weighted by molar-refractivity contribution is 5.57. The number of methoxy groups -OCH3 is 1.